The normalized spacial score (nSPS) is 9.77. The number of carbonyl (C=O) groups excluding carboxylic acids is 1. The molecular formula is C12H13ClN6O3. The molecule has 0 aliphatic heterocycles. The van der Waals surface area contributed by atoms with Crippen LogP contribution in [-0.4, -0.2) is 35.2 Å². The highest BCUT2D eigenvalue weighted by molar-refractivity contribution is 6.33. The lowest BCUT2D eigenvalue weighted by atomic mass is 10.3. The van der Waals surface area contributed by atoms with E-state index in [1.165, 1.54) is 14.2 Å². The molecule has 3 N–H and O–H groups in total. The van der Waals surface area contributed by atoms with Gasteiger partial charge < -0.3 is 14.8 Å². The van der Waals surface area contributed by atoms with Crippen molar-refractivity contribution in [3.63, 3.8) is 0 Å². The van der Waals surface area contributed by atoms with Crippen molar-refractivity contribution < 1.29 is 14.3 Å². The van der Waals surface area contributed by atoms with E-state index in [0.29, 0.717) is 10.7 Å². The summed E-state index contributed by atoms with van der Waals surface area (Å²) in [5.41, 5.74) is 5.33. The molecule has 0 unspecified atom stereocenters. The van der Waals surface area contributed by atoms with Crippen LogP contribution in [0, 0.1) is 0 Å². The molecular weight excluding hydrogens is 312 g/mol. The fraction of sp³-hybridized carbons (Fsp3) is 0.167. The van der Waals surface area contributed by atoms with Crippen LogP contribution < -0.4 is 25.6 Å². The first-order valence-electron chi connectivity index (χ1n) is 6.04. The van der Waals surface area contributed by atoms with Crippen LogP contribution in [0.25, 0.3) is 0 Å². The second kappa shape index (κ2) is 7.27. The maximum Gasteiger partial charge on any atom is 0.337 e. The number of hydrazine groups is 1. The van der Waals surface area contributed by atoms with E-state index < -0.39 is 6.03 Å². The zero-order chi connectivity index (χ0) is 15.9. The SMILES string of the molecule is COc1nc(NNC(=O)Nc2ccccc2Cl)nc(OC)n1. The Hall–Kier alpha value is -2.81. The number of ether oxygens (including phenoxy) is 2. The monoisotopic (exact) mass is 324 g/mol. The van der Waals surface area contributed by atoms with Crippen molar-refractivity contribution in [1.82, 2.24) is 20.4 Å². The molecule has 0 fully saturated rings. The number of nitrogens with zero attached hydrogens (tertiary/aromatic N) is 3. The van der Waals surface area contributed by atoms with Gasteiger partial charge in [-0.1, -0.05) is 23.7 Å². The van der Waals surface area contributed by atoms with Crippen LogP contribution in [0.3, 0.4) is 0 Å². The lowest BCUT2D eigenvalue weighted by molar-refractivity contribution is 0.253. The standard InChI is InChI=1S/C12H13ClN6O3/c1-21-11-15-9(16-12(17-11)22-2)18-19-10(20)14-8-6-4-3-5-7(8)13/h3-6H,1-2H3,(H2,14,19,20)(H,15,16,17,18). The number of rotatable bonds is 5. The number of halogens is 1. The number of carbonyl (C=O) groups is 1. The largest absolute Gasteiger partial charge is 0.467 e. The predicted molar refractivity (Wildman–Crippen MR) is 80.2 cm³/mol. The molecule has 22 heavy (non-hydrogen) atoms. The number of methoxy groups -OCH3 is 2. The molecule has 9 nitrogen and oxygen atoms in total. The number of amides is 2. The Labute approximate surface area is 131 Å². The number of urea groups is 1. The Bertz CT molecular complexity index is 647. The molecule has 1 aromatic heterocycles. The average Bonchev–Trinajstić information content (AvgIpc) is 2.54. The van der Waals surface area contributed by atoms with E-state index in [1.54, 1.807) is 24.3 Å². The van der Waals surface area contributed by atoms with E-state index in [2.05, 4.69) is 31.1 Å². The summed E-state index contributed by atoms with van der Waals surface area (Å²) in [5.74, 6) is 0.0537. The summed E-state index contributed by atoms with van der Waals surface area (Å²) in [7, 11) is 2.80. The van der Waals surface area contributed by atoms with Gasteiger partial charge in [-0.25, -0.2) is 10.2 Å². The van der Waals surface area contributed by atoms with Gasteiger partial charge in [0.15, 0.2) is 0 Å². The lowest BCUT2D eigenvalue weighted by Crippen LogP contribution is -2.34. The summed E-state index contributed by atoms with van der Waals surface area (Å²) < 4.78 is 9.78. The van der Waals surface area contributed by atoms with Crippen LogP contribution in [0.4, 0.5) is 16.4 Å². The molecule has 0 saturated carbocycles. The third kappa shape index (κ3) is 4.09. The van der Waals surface area contributed by atoms with Crippen LogP contribution in [0.1, 0.15) is 0 Å². The van der Waals surface area contributed by atoms with Gasteiger partial charge in [0.25, 0.3) is 5.95 Å². The minimum absolute atomic E-state index is 0.0441. The van der Waals surface area contributed by atoms with Crippen LogP contribution >= 0.6 is 11.6 Å². The second-order valence-corrected chi connectivity index (χ2v) is 4.22. The van der Waals surface area contributed by atoms with Crippen molar-refractivity contribution in [2.75, 3.05) is 25.0 Å². The van der Waals surface area contributed by atoms with Gasteiger partial charge in [-0.2, -0.15) is 9.97 Å². The zero-order valence-electron chi connectivity index (χ0n) is 11.8. The van der Waals surface area contributed by atoms with Gasteiger partial charge in [0.1, 0.15) is 0 Å². The molecule has 2 rings (SSSR count). The van der Waals surface area contributed by atoms with Gasteiger partial charge >= 0.3 is 18.1 Å². The van der Waals surface area contributed by atoms with Crippen LogP contribution in [0.5, 0.6) is 12.0 Å². The van der Waals surface area contributed by atoms with Crippen molar-refractivity contribution in [2.24, 2.45) is 0 Å². The quantitative estimate of drug-likeness (QED) is 0.718. The van der Waals surface area contributed by atoms with E-state index in [4.69, 9.17) is 21.1 Å². The van der Waals surface area contributed by atoms with E-state index in [1.807, 2.05) is 0 Å². The number of para-hydroxylation sites is 1. The molecule has 0 spiro atoms. The summed E-state index contributed by atoms with van der Waals surface area (Å²) in [6.45, 7) is 0. The number of nitrogens with one attached hydrogen (secondary N) is 3. The Kier molecular flexibility index (Phi) is 5.15. The molecule has 0 saturated heterocycles. The number of aromatic nitrogens is 3. The van der Waals surface area contributed by atoms with Gasteiger partial charge in [0, 0.05) is 0 Å². The van der Waals surface area contributed by atoms with Gasteiger partial charge in [-0.05, 0) is 12.1 Å². The summed E-state index contributed by atoms with van der Waals surface area (Å²) in [6, 6.07) is 6.36. The topological polar surface area (TPSA) is 110 Å². The molecule has 2 amide bonds. The van der Waals surface area contributed by atoms with Crippen molar-refractivity contribution in [2.45, 2.75) is 0 Å². The van der Waals surface area contributed by atoms with E-state index in [9.17, 15) is 4.79 Å². The van der Waals surface area contributed by atoms with Gasteiger partial charge in [-0.3, -0.25) is 5.43 Å². The van der Waals surface area contributed by atoms with Gasteiger partial charge in [0.2, 0.25) is 0 Å². The summed E-state index contributed by atoms with van der Waals surface area (Å²) in [5, 5.41) is 2.98. The third-order valence-corrected chi connectivity index (χ3v) is 2.70. The molecule has 0 aliphatic carbocycles. The van der Waals surface area contributed by atoms with Crippen molar-refractivity contribution in [3.8, 4) is 12.0 Å². The highest BCUT2D eigenvalue weighted by Crippen LogP contribution is 2.20. The smallest absolute Gasteiger partial charge is 0.337 e. The zero-order valence-corrected chi connectivity index (χ0v) is 12.5. The summed E-state index contributed by atoms with van der Waals surface area (Å²) >= 11 is 5.94. The maximum atomic E-state index is 11.8. The molecule has 0 atom stereocenters. The van der Waals surface area contributed by atoms with Crippen LogP contribution in [0.15, 0.2) is 24.3 Å². The molecule has 2 aromatic rings. The van der Waals surface area contributed by atoms with E-state index in [-0.39, 0.29) is 18.0 Å². The Morgan fingerprint density at radius 1 is 1.09 bits per heavy atom. The fourth-order valence-corrected chi connectivity index (χ4v) is 1.59. The van der Waals surface area contributed by atoms with Gasteiger partial charge in [-0.15, -0.1) is 4.98 Å². The first-order valence-corrected chi connectivity index (χ1v) is 6.41. The Morgan fingerprint density at radius 3 is 2.32 bits per heavy atom. The minimum Gasteiger partial charge on any atom is -0.467 e. The van der Waals surface area contributed by atoms with E-state index >= 15 is 0 Å². The molecule has 0 aliphatic rings. The highest BCUT2D eigenvalue weighted by Gasteiger charge is 2.09. The number of hydrogen-bond donors (Lipinski definition) is 3. The number of hydrogen-bond acceptors (Lipinski definition) is 7. The Morgan fingerprint density at radius 2 is 1.73 bits per heavy atom. The first-order chi connectivity index (χ1) is 10.6. The van der Waals surface area contributed by atoms with Gasteiger partial charge in [0.05, 0.1) is 24.9 Å². The molecule has 0 bridgehead atoms. The van der Waals surface area contributed by atoms with Crippen molar-refractivity contribution in [3.05, 3.63) is 29.3 Å². The molecule has 116 valence electrons. The number of anilines is 2. The highest BCUT2D eigenvalue weighted by atomic mass is 35.5. The third-order valence-electron chi connectivity index (χ3n) is 2.37. The fourth-order valence-electron chi connectivity index (χ4n) is 1.41. The summed E-state index contributed by atoms with van der Waals surface area (Å²) in [4.78, 5) is 23.4. The second-order valence-electron chi connectivity index (χ2n) is 3.82. The first kappa shape index (κ1) is 15.6. The van der Waals surface area contributed by atoms with Crippen molar-refractivity contribution in [1.29, 1.82) is 0 Å². The van der Waals surface area contributed by atoms with Crippen LogP contribution in [0.2, 0.25) is 5.02 Å². The Balaban J connectivity index is 1.98. The predicted octanol–water partition coefficient (Wildman–Crippen LogP) is 1.69. The van der Waals surface area contributed by atoms with E-state index in [0.717, 1.165) is 0 Å². The molecule has 0 radical (unpaired) electrons. The van der Waals surface area contributed by atoms with Crippen LogP contribution in [-0.2, 0) is 0 Å². The van der Waals surface area contributed by atoms with Crippen molar-refractivity contribution >= 4 is 29.3 Å². The molecule has 1 aromatic carbocycles. The maximum absolute atomic E-state index is 11.8. The molecule has 1 heterocycles. The average molecular weight is 325 g/mol. The lowest BCUT2D eigenvalue weighted by Gasteiger charge is -2.10. The molecule has 10 heteroatoms. The minimum atomic E-state index is -0.550. The summed E-state index contributed by atoms with van der Waals surface area (Å²) in [6.07, 6.45) is 0. The number of benzene rings is 1.